The number of aromatic nitrogens is 2. The molecule has 27 heavy (non-hydrogen) atoms. The first-order chi connectivity index (χ1) is 13.0. The summed E-state index contributed by atoms with van der Waals surface area (Å²) in [6.45, 7) is 0. The molecule has 0 aliphatic carbocycles. The molecule has 4 rings (SSSR count). The lowest BCUT2D eigenvalue weighted by Crippen LogP contribution is -2.35. The highest BCUT2D eigenvalue weighted by molar-refractivity contribution is 6.30. The lowest BCUT2D eigenvalue weighted by atomic mass is 10.1. The molecule has 1 aliphatic heterocycles. The number of nitrogens with one attached hydrogen (secondary N) is 2. The maximum absolute atomic E-state index is 13.8. The number of anilines is 2. The first kappa shape index (κ1) is 17.2. The first-order valence-electron chi connectivity index (χ1n) is 8.22. The van der Waals surface area contributed by atoms with Crippen LogP contribution in [-0.2, 0) is 9.59 Å². The summed E-state index contributed by atoms with van der Waals surface area (Å²) >= 11 is 5.91. The van der Waals surface area contributed by atoms with E-state index in [1.54, 1.807) is 36.4 Å². The van der Waals surface area contributed by atoms with E-state index in [-0.39, 0.29) is 18.0 Å². The third kappa shape index (κ3) is 3.41. The summed E-state index contributed by atoms with van der Waals surface area (Å²) in [7, 11) is 0. The van der Waals surface area contributed by atoms with E-state index in [9.17, 15) is 14.0 Å². The molecule has 0 spiro atoms. The molecular weight excluding hydrogens is 371 g/mol. The topological polar surface area (TPSA) is 76.0 Å². The number of nitrogens with zero attached hydrogens (tertiary/aromatic N) is 2. The standard InChI is InChI=1S/C19H14ClFN4O2/c20-12-7-5-11(6-8-12)15-9-17-23-18(26)10-16(25(17)24-15)19(27)22-14-4-2-1-3-13(14)21/h1-9,16H,10H2,(H,22,27)(H,23,26)/t16-/m1/s1. The van der Waals surface area contributed by atoms with Gasteiger partial charge in [0.1, 0.15) is 17.7 Å². The first-order valence-corrected chi connectivity index (χ1v) is 8.60. The fourth-order valence-corrected chi connectivity index (χ4v) is 3.05. The summed E-state index contributed by atoms with van der Waals surface area (Å²) < 4.78 is 15.3. The fourth-order valence-electron chi connectivity index (χ4n) is 2.93. The van der Waals surface area contributed by atoms with Crippen molar-refractivity contribution in [2.75, 3.05) is 10.6 Å². The molecule has 0 radical (unpaired) electrons. The zero-order valence-corrected chi connectivity index (χ0v) is 14.7. The van der Waals surface area contributed by atoms with Crippen LogP contribution in [0.25, 0.3) is 11.3 Å². The molecule has 1 atom stereocenters. The Labute approximate surface area is 158 Å². The number of hydrogen-bond donors (Lipinski definition) is 2. The van der Waals surface area contributed by atoms with Gasteiger partial charge in [0.25, 0.3) is 0 Å². The zero-order chi connectivity index (χ0) is 19.0. The normalized spacial score (nSPS) is 15.8. The Hall–Kier alpha value is -3.19. The zero-order valence-electron chi connectivity index (χ0n) is 13.9. The quantitative estimate of drug-likeness (QED) is 0.719. The average Bonchev–Trinajstić information content (AvgIpc) is 3.07. The van der Waals surface area contributed by atoms with Gasteiger partial charge in [-0.15, -0.1) is 0 Å². The summed E-state index contributed by atoms with van der Waals surface area (Å²) in [6, 6.07) is 13.7. The van der Waals surface area contributed by atoms with E-state index in [2.05, 4.69) is 15.7 Å². The number of para-hydroxylation sites is 1. The second kappa shape index (κ2) is 6.85. The predicted molar refractivity (Wildman–Crippen MR) is 100.0 cm³/mol. The SMILES string of the molecule is O=C1C[C@H](C(=O)Nc2ccccc2F)n2nc(-c3ccc(Cl)cc3)cc2N1. The van der Waals surface area contributed by atoms with Gasteiger partial charge >= 0.3 is 0 Å². The summed E-state index contributed by atoms with van der Waals surface area (Å²) in [4.78, 5) is 24.7. The Balaban J connectivity index is 1.66. The largest absolute Gasteiger partial charge is 0.322 e. The minimum absolute atomic E-state index is 0.0557. The van der Waals surface area contributed by atoms with Crippen LogP contribution in [0.3, 0.4) is 0 Å². The molecule has 2 aromatic carbocycles. The maximum atomic E-state index is 13.8. The highest BCUT2D eigenvalue weighted by atomic mass is 35.5. The van der Waals surface area contributed by atoms with Crippen molar-refractivity contribution in [3.8, 4) is 11.3 Å². The molecule has 2 amide bonds. The monoisotopic (exact) mass is 384 g/mol. The Morgan fingerprint density at radius 2 is 1.96 bits per heavy atom. The van der Waals surface area contributed by atoms with E-state index in [0.717, 1.165) is 5.56 Å². The van der Waals surface area contributed by atoms with Crippen molar-refractivity contribution >= 4 is 34.9 Å². The van der Waals surface area contributed by atoms with Gasteiger partial charge < -0.3 is 10.6 Å². The molecule has 1 aromatic heterocycles. The second-order valence-electron chi connectivity index (χ2n) is 6.10. The maximum Gasteiger partial charge on any atom is 0.249 e. The molecule has 3 aromatic rings. The highest BCUT2D eigenvalue weighted by Crippen LogP contribution is 2.30. The van der Waals surface area contributed by atoms with Gasteiger partial charge in [0.15, 0.2) is 0 Å². The third-order valence-electron chi connectivity index (χ3n) is 4.25. The predicted octanol–water partition coefficient (Wildman–Crippen LogP) is 3.86. The molecule has 1 aliphatic rings. The molecular formula is C19H14ClFN4O2. The second-order valence-corrected chi connectivity index (χ2v) is 6.54. The number of rotatable bonds is 3. The molecule has 0 saturated heterocycles. The molecule has 8 heteroatoms. The molecule has 6 nitrogen and oxygen atoms in total. The molecule has 0 saturated carbocycles. The van der Waals surface area contributed by atoms with Crippen molar-refractivity contribution in [1.82, 2.24) is 9.78 Å². The number of halogens is 2. The van der Waals surface area contributed by atoms with Crippen molar-refractivity contribution < 1.29 is 14.0 Å². The minimum Gasteiger partial charge on any atom is -0.322 e. The van der Waals surface area contributed by atoms with Crippen LogP contribution in [0.1, 0.15) is 12.5 Å². The van der Waals surface area contributed by atoms with Crippen molar-refractivity contribution in [3.63, 3.8) is 0 Å². The van der Waals surface area contributed by atoms with Gasteiger partial charge in [-0.2, -0.15) is 5.10 Å². The smallest absolute Gasteiger partial charge is 0.249 e. The van der Waals surface area contributed by atoms with Crippen LogP contribution < -0.4 is 10.6 Å². The van der Waals surface area contributed by atoms with Crippen molar-refractivity contribution in [2.24, 2.45) is 0 Å². The number of fused-ring (bicyclic) bond motifs is 1. The number of amides is 2. The Morgan fingerprint density at radius 3 is 2.70 bits per heavy atom. The van der Waals surface area contributed by atoms with Gasteiger partial charge in [-0.3, -0.25) is 9.59 Å². The van der Waals surface area contributed by atoms with Gasteiger partial charge in [0, 0.05) is 16.7 Å². The number of carbonyl (C=O) groups is 2. The molecule has 2 N–H and O–H groups in total. The van der Waals surface area contributed by atoms with Crippen molar-refractivity contribution in [1.29, 1.82) is 0 Å². The summed E-state index contributed by atoms with van der Waals surface area (Å²) in [6.07, 6.45) is -0.0883. The molecule has 136 valence electrons. The third-order valence-corrected chi connectivity index (χ3v) is 4.50. The molecule has 0 bridgehead atoms. The fraction of sp³-hybridized carbons (Fsp3) is 0.105. The van der Waals surface area contributed by atoms with E-state index >= 15 is 0 Å². The summed E-state index contributed by atoms with van der Waals surface area (Å²) in [5, 5.41) is 10.3. The van der Waals surface area contributed by atoms with E-state index < -0.39 is 17.8 Å². The van der Waals surface area contributed by atoms with Gasteiger partial charge in [-0.1, -0.05) is 35.9 Å². The lowest BCUT2D eigenvalue weighted by molar-refractivity contribution is -0.125. The van der Waals surface area contributed by atoms with Crippen LogP contribution in [0.15, 0.2) is 54.6 Å². The van der Waals surface area contributed by atoms with Gasteiger partial charge in [-0.25, -0.2) is 9.07 Å². The number of hydrogen-bond acceptors (Lipinski definition) is 3. The van der Waals surface area contributed by atoms with Crippen LogP contribution in [-0.4, -0.2) is 21.6 Å². The Kier molecular flexibility index (Phi) is 4.37. The van der Waals surface area contributed by atoms with E-state index in [1.807, 2.05) is 0 Å². The van der Waals surface area contributed by atoms with Crippen LogP contribution in [0.4, 0.5) is 15.9 Å². The van der Waals surface area contributed by atoms with Crippen molar-refractivity contribution in [2.45, 2.75) is 12.5 Å². The number of carbonyl (C=O) groups excluding carboxylic acids is 2. The van der Waals surface area contributed by atoms with Crippen LogP contribution >= 0.6 is 11.6 Å². The van der Waals surface area contributed by atoms with Gasteiger partial charge in [0.2, 0.25) is 11.8 Å². The van der Waals surface area contributed by atoms with Crippen molar-refractivity contribution in [3.05, 3.63) is 65.4 Å². The van der Waals surface area contributed by atoms with E-state index in [4.69, 9.17) is 11.6 Å². The van der Waals surface area contributed by atoms with Gasteiger partial charge in [0.05, 0.1) is 17.8 Å². The molecule has 0 unspecified atom stereocenters. The highest BCUT2D eigenvalue weighted by Gasteiger charge is 2.32. The summed E-state index contributed by atoms with van der Waals surface area (Å²) in [5.41, 5.74) is 1.44. The Bertz CT molecular complexity index is 1030. The van der Waals surface area contributed by atoms with E-state index in [1.165, 1.54) is 22.9 Å². The molecule has 0 fully saturated rings. The summed E-state index contributed by atoms with van der Waals surface area (Å²) in [5.74, 6) is -0.959. The minimum atomic E-state index is -0.880. The average molecular weight is 385 g/mol. The van der Waals surface area contributed by atoms with E-state index in [0.29, 0.717) is 16.5 Å². The number of benzene rings is 2. The van der Waals surface area contributed by atoms with Crippen LogP contribution in [0, 0.1) is 5.82 Å². The van der Waals surface area contributed by atoms with Crippen LogP contribution in [0.5, 0.6) is 0 Å². The molecule has 2 heterocycles. The Morgan fingerprint density at radius 1 is 1.22 bits per heavy atom. The van der Waals surface area contributed by atoms with Gasteiger partial charge in [-0.05, 0) is 24.3 Å². The van der Waals surface area contributed by atoms with Crippen LogP contribution in [0.2, 0.25) is 5.02 Å². The lowest BCUT2D eigenvalue weighted by Gasteiger charge is -2.23.